The van der Waals surface area contributed by atoms with Gasteiger partial charge < -0.3 is 10.6 Å². The molecule has 0 aromatic heterocycles. The first kappa shape index (κ1) is 14.9. The molecule has 0 saturated carbocycles. The van der Waals surface area contributed by atoms with Gasteiger partial charge in [0.2, 0.25) is 0 Å². The Bertz CT molecular complexity index is 126. The van der Waals surface area contributed by atoms with Gasteiger partial charge in [-0.1, -0.05) is 40.0 Å². The van der Waals surface area contributed by atoms with E-state index < -0.39 is 0 Å². The topological polar surface area (TPSA) is 24.1 Å². The van der Waals surface area contributed by atoms with Crippen LogP contribution in [0.1, 0.15) is 53.4 Å². The smallest absolute Gasteiger partial charge is 0.0164 e. The van der Waals surface area contributed by atoms with Crippen LogP contribution in [0.5, 0.6) is 0 Å². The van der Waals surface area contributed by atoms with Crippen LogP contribution in [0.15, 0.2) is 0 Å². The molecule has 0 bridgehead atoms. The average molecular weight is 214 g/mol. The van der Waals surface area contributed by atoms with Crippen LogP contribution in [-0.4, -0.2) is 25.7 Å². The van der Waals surface area contributed by atoms with Gasteiger partial charge in [-0.05, 0) is 32.4 Å². The van der Waals surface area contributed by atoms with Gasteiger partial charge in [0.05, 0.1) is 0 Å². The highest BCUT2D eigenvalue weighted by atomic mass is 15.0. The highest BCUT2D eigenvalue weighted by Crippen LogP contribution is 2.11. The van der Waals surface area contributed by atoms with Gasteiger partial charge in [-0.25, -0.2) is 0 Å². The Kier molecular flexibility index (Phi) is 10.4. The van der Waals surface area contributed by atoms with E-state index in [9.17, 15) is 0 Å². The van der Waals surface area contributed by atoms with Crippen LogP contribution in [0.4, 0.5) is 0 Å². The number of likely N-dealkylation sites (N-methyl/N-ethyl adjacent to an activating group) is 1. The summed E-state index contributed by atoms with van der Waals surface area (Å²) in [7, 11) is 0. The molecular weight excluding hydrogens is 184 g/mol. The molecule has 0 fully saturated rings. The van der Waals surface area contributed by atoms with Gasteiger partial charge in [-0.15, -0.1) is 0 Å². The van der Waals surface area contributed by atoms with Crippen LogP contribution in [0, 0.1) is 5.92 Å². The Morgan fingerprint density at radius 1 is 1.07 bits per heavy atom. The third kappa shape index (κ3) is 8.88. The third-order valence-electron chi connectivity index (χ3n) is 3.00. The zero-order chi connectivity index (χ0) is 11.5. The summed E-state index contributed by atoms with van der Waals surface area (Å²) in [4.78, 5) is 0. The highest BCUT2D eigenvalue weighted by Gasteiger charge is 2.07. The molecule has 0 aromatic carbocycles. The lowest BCUT2D eigenvalue weighted by molar-refractivity contribution is 0.389. The van der Waals surface area contributed by atoms with Gasteiger partial charge in [0.15, 0.2) is 0 Å². The lowest BCUT2D eigenvalue weighted by Gasteiger charge is -2.19. The van der Waals surface area contributed by atoms with Crippen molar-refractivity contribution in [1.29, 1.82) is 0 Å². The maximum atomic E-state index is 3.61. The second kappa shape index (κ2) is 10.4. The molecule has 0 spiro atoms. The molecule has 15 heavy (non-hydrogen) atoms. The Morgan fingerprint density at radius 2 is 1.80 bits per heavy atom. The fourth-order valence-corrected chi connectivity index (χ4v) is 1.74. The van der Waals surface area contributed by atoms with Crippen LogP contribution in [0.2, 0.25) is 0 Å². The molecule has 2 heteroatoms. The molecule has 0 aromatic rings. The standard InChI is InChI=1S/C13H30N2/c1-5-8-9-13(6-2)11-15-12(4)10-14-7-3/h12-15H,5-11H2,1-4H3. The van der Waals surface area contributed by atoms with Crippen molar-refractivity contribution in [2.75, 3.05) is 19.6 Å². The molecule has 0 radical (unpaired) electrons. The van der Waals surface area contributed by atoms with Crippen molar-refractivity contribution in [2.45, 2.75) is 59.4 Å². The van der Waals surface area contributed by atoms with Gasteiger partial charge in [0, 0.05) is 12.6 Å². The Labute approximate surface area is 96.2 Å². The Morgan fingerprint density at radius 3 is 2.33 bits per heavy atom. The highest BCUT2D eigenvalue weighted by molar-refractivity contribution is 4.67. The van der Waals surface area contributed by atoms with Gasteiger partial charge >= 0.3 is 0 Å². The Hall–Kier alpha value is -0.0800. The van der Waals surface area contributed by atoms with Gasteiger partial charge in [0.1, 0.15) is 0 Å². The summed E-state index contributed by atoms with van der Waals surface area (Å²) >= 11 is 0. The third-order valence-corrected chi connectivity index (χ3v) is 3.00. The molecule has 0 heterocycles. The summed E-state index contributed by atoms with van der Waals surface area (Å²) < 4.78 is 0. The first-order valence-corrected chi connectivity index (χ1v) is 6.68. The number of hydrogen-bond acceptors (Lipinski definition) is 2. The van der Waals surface area contributed by atoms with E-state index >= 15 is 0 Å². The molecule has 0 aliphatic rings. The summed E-state index contributed by atoms with van der Waals surface area (Å²) in [5.41, 5.74) is 0. The molecule has 92 valence electrons. The van der Waals surface area contributed by atoms with Crippen molar-refractivity contribution < 1.29 is 0 Å². The quantitative estimate of drug-likeness (QED) is 0.584. The lowest BCUT2D eigenvalue weighted by atomic mass is 9.99. The summed E-state index contributed by atoms with van der Waals surface area (Å²) in [6, 6.07) is 0.598. The first-order valence-electron chi connectivity index (χ1n) is 6.68. The second-order valence-corrected chi connectivity index (χ2v) is 4.53. The van der Waals surface area contributed by atoms with Crippen molar-refractivity contribution in [3.05, 3.63) is 0 Å². The maximum absolute atomic E-state index is 3.61. The van der Waals surface area contributed by atoms with E-state index in [1.807, 2.05) is 0 Å². The minimum Gasteiger partial charge on any atom is -0.315 e. The van der Waals surface area contributed by atoms with Crippen molar-refractivity contribution in [3.8, 4) is 0 Å². The van der Waals surface area contributed by atoms with Crippen molar-refractivity contribution in [2.24, 2.45) is 5.92 Å². The number of rotatable bonds is 10. The maximum Gasteiger partial charge on any atom is 0.0164 e. The van der Waals surface area contributed by atoms with Crippen LogP contribution >= 0.6 is 0 Å². The molecular formula is C13H30N2. The van der Waals surface area contributed by atoms with E-state index in [4.69, 9.17) is 0 Å². The summed E-state index contributed by atoms with van der Waals surface area (Å²) in [6.45, 7) is 12.3. The van der Waals surface area contributed by atoms with Crippen molar-refractivity contribution in [3.63, 3.8) is 0 Å². The Balaban J connectivity index is 3.50. The van der Waals surface area contributed by atoms with Crippen molar-refractivity contribution >= 4 is 0 Å². The average Bonchev–Trinajstić information content (AvgIpc) is 2.26. The molecule has 2 atom stereocenters. The zero-order valence-corrected chi connectivity index (χ0v) is 11.1. The van der Waals surface area contributed by atoms with Gasteiger partial charge in [-0.2, -0.15) is 0 Å². The van der Waals surface area contributed by atoms with E-state index in [2.05, 4.69) is 38.3 Å². The van der Waals surface area contributed by atoms with E-state index in [-0.39, 0.29) is 0 Å². The van der Waals surface area contributed by atoms with E-state index in [1.165, 1.54) is 32.2 Å². The number of unbranched alkanes of at least 4 members (excludes halogenated alkanes) is 1. The van der Waals surface area contributed by atoms with Gasteiger partial charge in [0.25, 0.3) is 0 Å². The van der Waals surface area contributed by atoms with Crippen molar-refractivity contribution in [1.82, 2.24) is 10.6 Å². The summed E-state index contributed by atoms with van der Waals surface area (Å²) in [6.07, 6.45) is 5.39. The summed E-state index contributed by atoms with van der Waals surface area (Å²) in [5, 5.41) is 6.99. The van der Waals surface area contributed by atoms with Gasteiger partial charge in [-0.3, -0.25) is 0 Å². The normalized spacial score (nSPS) is 15.2. The fraction of sp³-hybridized carbons (Fsp3) is 1.00. The fourth-order valence-electron chi connectivity index (χ4n) is 1.74. The molecule has 0 saturated heterocycles. The number of hydrogen-bond donors (Lipinski definition) is 2. The molecule has 0 amide bonds. The molecule has 0 rings (SSSR count). The minimum absolute atomic E-state index is 0.598. The van der Waals surface area contributed by atoms with E-state index in [1.54, 1.807) is 0 Å². The monoisotopic (exact) mass is 214 g/mol. The summed E-state index contributed by atoms with van der Waals surface area (Å²) in [5.74, 6) is 0.869. The molecule has 2 nitrogen and oxygen atoms in total. The SMILES string of the molecule is CCCCC(CC)CNC(C)CNCC. The van der Waals surface area contributed by atoms with Crippen LogP contribution < -0.4 is 10.6 Å². The van der Waals surface area contributed by atoms with E-state index in [0.717, 1.165) is 19.0 Å². The molecule has 2 N–H and O–H groups in total. The lowest BCUT2D eigenvalue weighted by Crippen LogP contribution is -2.38. The molecule has 0 aliphatic carbocycles. The molecule has 2 unspecified atom stereocenters. The first-order chi connectivity index (χ1) is 7.24. The van der Waals surface area contributed by atoms with Crippen LogP contribution in [-0.2, 0) is 0 Å². The van der Waals surface area contributed by atoms with Crippen LogP contribution in [0.3, 0.4) is 0 Å². The largest absolute Gasteiger partial charge is 0.315 e. The second-order valence-electron chi connectivity index (χ2n) is 4.53. The predicted octanol–water partition coefficient (Wildman–Crippen LogP) is 2.79. The van der Waals surface area contributed by atoms with Crippen LogP contribution in [0.25, 0.3) is 0 Å². The zero-order valence-electron chi connectivity index (χ0n) is 11.1. The van der Waals surface area contributed by atoms with E-state index in [0.29, 0.717) is 6.04 Å². The minimum atomic E-state index is 0.598. The number of nitrogens with one attached hydrogen (secondary N) is 2. The predicted molar refractivity (Wildman–Crippen MR) is 69.3 cm³/mol. The molecule has 0 aliphatic heterocycles.